The summed E-state index contributed by atoms with van der Waals surface area (Å²) in [6.07, 6.45) is 0. The Kier molecular flexibility index (Phi) is 4.72. The zero-order valence-electron chi connectivity index (χ0n) is 11.1. The minimum atomic E-state index is -3.81. The summed E-state index contributed by atoms with van der Waals surface area (Å²) in [6, 6.07) is 14.6. The minimum Gasteiger partial charge on any atom is -0.478 e. The van der Waals surface area contributed by atoms with Crippen LogP contribution in [0, 0.1) is 0 Å². The van der Waals surface area contributed by atoms with Gasteiger partial charge in [0.2, 0.25) is 9.84 Å². The number of carbonyl (C=O) groups is 1. The second-order valence-corrected chi connectivity index (χ2v) is 6.27. The first-order chi connectivity index (χ1) is 10.0. The molecule has 0 aliphatic heterocycles. The largest absolute Gasteiger partial charge is 0.478 e. The summed E-state index contributed by atoms with van der Waals surface area (Å²) in [7, 11) is -3.81. The maximum Gasteiger partial charge on any atom is 0.337 e. The normalized spacial score (nSPS) is 11.2. The van der Waals surface area contributed by atoms with Crippen molar-refractivity contribution in [1.82, 2.24) is 0 Å². The van der Waals surface area contributed by atoms with Crippen LogP contribution in [0.2, 0.25) is 0 Å². The highest BCUT2D eigenvalue weighted by Crippen LogP contribution is 2.17. The zero-order valence-corrected chi connectivity index (χ0v) is 11.9. The van der Waals surface area contributed by atoms with Crippen LogP contribution in [0.15, 0.2) is 59.5 Å². The molecule has 0 aliphatic carbocycles. The average Bonchev–Trinajstić information content (AvgIpc) is 2.48. The molecule has 0 radical (unpaired) electrons. The summed E-state index contributed by atoms with van der Waals surface area (Å²) >= 11 is 0. The van der Waals surface area contributed by atoms with Gasteiger partial charge in [0.05, 0.1) is 17.1 Å². The van der Waals surface area contributed by atoms with Gasteiger partial charge in [-0.25, -0.2) is 13.2 Å². The van der Waals surface area contributed by atoms with Crippen molar-refractivity contribution in [2.75, 3.05) is 5.94 Å². The predicted molar refractivity (Wildman–Crippen MR) is 76.7 cm³/mol. The summed E-state index contributed by atoms with van der Waals surface area (Å²) in [4.78, 5) is 10.8. The van der Waals surface area contributed by atoms with E-state index in [-0.39, 0.29) is 17.1 Å². The standard InChI is InChI=1S/C15H14O5S/c16-15(17)13-8-4-5-9-14(13)21(18,19)11-20-10-12-6-2-1-3-7-12/h1-9H,10-11H2,(H,16,17). The van der Waals surface area contributed by atoms with Crippen LogP contribution in [0.5, 0.6) is 0 Å². The molecule has 2 rings (SSSR count). The van der Waals surface area contributed by atoms with Crippen molar-refractivity contribution in [3.8, 4) is 0 Å². The number of hydrogen-bond acceptors (Lipinski definition) is 4. The molecule has 0 saturated heterocycles. The van der Waals surface area contributed by atoms with Gasteiger partial charge in [0.15, 0.2) is 5.94 Å². The van der Waals surface area contributed by atoms with Crippen molar-refractivity contribution >= 4 is 15.8 Å². The summed E-state index contributed by atoms with van der Waals surface area (Å²) in [5.74, 6) is -1.84. The van der Waals surface area contributed by atoms with Crippen molar-refractivity contribution in [2.45, 2.75) is 11.5 Å². The molecule has 21 heavy (non-hydrogen) atoms. The number of ether oxygens (including phenoxy) is 1. The smallest absolute Gasteiger partial charge is 0.337 e. The van der Waals surface area contributed by atoms with E-state index < -0.39 is 21.7 Å². The van der Waals surface area contributed by atoms with Gasteiger partial charge in [-0.1, -0.05) is 42.5 Å². The van der Waals surface area contributed by atoms with E-state index in [9.17, 15) is 13.2 Å². The number of aromatic carboxylic acids is 1. The summed E-state index contributed by atoms with van der Waals surface area (Å²) in [5, 5.41) is 9.03. The molecule has 0 fully saturated rings. The van der Waals surface area contributed by atoms with Gasteiger partial charge in [0, 0.05) is 0 Å². The van der Waals surface area contributed by atoms with E-state index in [2.05, 4.69) is 0 Å². The van der Waals surface area contributed by atoms with Crippen molar-refractivity contribution in [3.63, 3.8) is 0 Å². The van der Waals surface area contributed by atoms with E-state index in [4.69, 9.17) is 9.84 Å². The summed E-state index contributed by atoms with van der Waals surface area (Å²) in [6.45, 7) is 0.148. The molecule has 0 atom stereocenters. The third-order valence-corrected chi connectivity index (χ3v) is 4.31. The molecule has 0 saturated carbocycles. The second kappa shape index (κ2) is 6.51. The lowest BCUT2D eigenvalue weighted by atomic mass is 10.2. The molecular weight excluding hydrogens is 292 g/mol. The molecule has 0 amide bonds. The fourth-order valence-electron chi connectivity index (χ4n) is 1.82. The lowest BCUT2D eigenvalue weighted by Crippen LogP contribution is -2.14. The van der Waals surface area contributed by atoms with Crippen molar-refractivity contribution in [3.05, 3.63) is 65.7 Å². The lowest BCUT2D eigenvalue weighted by molar-refractivity contribution is 0.0692. The van der Waals surface area contributed by atoms with Gasteiger partial charge in [-0.15, -0.1) is 0 Å². The number of carboxylic acid groups (broad SMARTS) is 1. The average molecular weight is 306 g/mol. The lowest BCUT2D eigenvalue weighted by Gasteiger charge is -2.08. The van der Waals surface area contributed by atoms with Crippen molar-refractivity contribution < 1.29 is 23.1 Å². The van der Waals surface area contributed by atoms with Crippen LogP contribution >= 0.6 is 0 Å². The van der Waals surface area contributed by atoms with Gasteiger partial charge in [-0.3, -0.25) is 0 Å². The molecule has 2 aromatic carbocycles. The van der Waals surface area contributed by atoms with Crippen molar-refractivity contribution in [1.29, 1.82) is 0 Å². The quantitative estimate of drug-likeness (QED) is 0.886. The molecule has 2 aromatic rings. The number of hydrogen-bond donors (Lipinski definition) is 1. The topological polar surface area (TPSA) is 80.7 Å². The van der Waals surface area contributed by atoms with Gasteiger partial charge in [0.25, 0.3) is 0 Å². The number of rotatable bonds is 6. The van der Waals surface area contributed by atoms with E-state index in [0.29, 0.717) is 0 Å². The highest BCUT2D eigenvalue weighted by Gasteiger charge is 2.21. The van der Waals surface area contributed by atoms with Crippen LogP contribution < -0.4 is 0 Å². The van der Waals surface area contributed by atoms with E-state index in [1.165, 1.54) is 24.3 Å². The molecule has 0 bridgehead atoms. The van der Waals surface area contributed by atoms with Gasteiger partial charge in [-0.2, -0.15) is 0 Å². The Hall–Kier alpha value is -2.18. The first-order valence-electron chi connectivity index (χ1n) is 6.17. The minimum absolute atomic E-state index is 0.148. The molecule has 1 N–H and O–H groups in total. The Bertz CT molecular complexity index is 723. The van der Waals surface area contributed by atoms with Gasteiger partial charge in [0.1, 0.15) is 0 Å². The highest BCUT2D eigenvalue weighted by molar-refractivity contribution is 7.91. The SMILES string of the molecule is O=C(O)c1ccccc1S(=O)(=O)COCc1ccccc1. The van der Waals surface area contributed by atoms with Gasteiger partial charge >= 0.3 is 5.97 Å². The van der Waals surface area contributed by atoms with E-state index >= 15 is 0 Å². The molecule has 0 aromatic heterocycles. The van der Waals surface area contributed by atoms with Gasteiger partial charge < -0.3 is 9.84 Å². The predicted octanol–water partition coefficient (Wildman–Crippen LogP) is 2.33. The van der Waals surface area contributed by atoms with Crippen LogP contribution in [0.25, 0.3) is 0 Å². The first kappa shape index (κ1) is 15.2. The van der Waals surface area contributed by atoms with Crippen LogP contribution in [0.4, 0.5) is 0 Å². The molecule has 110 valence electrons. The van der Waals surface area contributed by atoms with Crippen molar-refractivity contribution in [2.24, 2.45) is 0 Å². The van der Waals surface area contributed by atoms with Crippen LogP contribution in [0.1, 0.15) is 15.9 Å². The van der Waals surface area contributed by atoms with E-state index in [0.717, 1.165) is 5.56 Å². The molecular formula is C15H14O5S. The molecule has 0 aliphatic rings. The summed E-state index contributed by atoms with van der Waals surface area (Å²) in [5.41, 5.74) is 0.597. The van der Waals surface area contributed by atoms with Gasteiger partial charge in [-0.05, 0) is 17.7 Å². The maximum atomic E-state index is 12.2. The zero-order chi connectivity index (χ0) is 15.3. The number of carboxylic acids is 1. The Morgan fingerprint density at radius 3 is 2.29 bits per heavy atom. The molecule has 0 spiro atoms. The Morgan fingerprint density at radius 1 is 1.00 bits per heavy atom. The van der Waals surface area contributed by atoms with E-state index in [1.807, 2.05) is 30.3 Å². The maximum absolute atomic E-state index is 12.2. The second-order valence-electron chi connectivity index (χ2n) is 4.37. The number of benzene rings is 2. The monoisotopic (exact) mass is 306 g/mol. The Labute approximate surface area is 122 Å². The first-order valence-corrected chi connectivity index (χ1v) is 7.83. The van der Waals surface area contributed by atoms with Crippen LogP contribution in [0.3, 0.4) is 0 Å². The molecule has 6 heteroatoms. The third kappa shape index (κ3) is 3.90. The molecule has 5 nitrogen and oxygen atoms in total. The third-order valence-electron chi connectivity index (χ3n) is 2.80. The number of sulfone groups is 1. The Morgan fingerprint density at radius 2 is 1.62 bits per heavy atom. The Balaban J connectivity index is 2.11. The fraction of sp³-hybridized carbons (Fsp3) is 0.133. The fourth-order valence-corrected chi connectivity index (χ4v) is 3.03. The van der Waals surface area contributed by atoms with Crippen LogP contribution in [-0.2, 0) is 21.2 Å². The summed E-state index contributed by atoms with van der Waals surface area (Å²) < 4.78 is 29.5. The van der Waals surface area contributed by atoms with Crippen LogP contribution in [-0.4, -0.2) is 25.4 Å². The van der Waals surface area contributed by atoms with E-state index in [1.54, 1.807) is 0 Å². The molecule has 0 unspecified atom stereocenters. The molecule has 0 heterocycles. The highest BCUT2D eigenvalue weighted by atomic mass is 32.2.